The van der Waals surface area contributed by atoms with Gasteiger partial charge in [0, 0.05) is 39.6 Å². The van der Waals surface area contributed by atoms with Crippen molar-refractivity contribution in [1.29, 1.82) is 0 Å². The summed E-state index contributed by atoms with van der Waals surface area (Å²) in [4.78, 5) is 35.5. The van der Waals surface area contributed by atoms with E-state index in [1.807, 2.05) is 0 Å². The molecular formula is C25H28F3N5O3. The first kappa shape index (κ1) is 25.6. The van der Waals surface area contributed by atoms with Crippen LogP contribution in [0.2, 0.25) is 0 Å². The minimum atomic E-state index is -2.95. The van der Waals surface area contributed by atoms with E-state index in [4.69, 9.17) is 4.74 Å². The lowest BCUT2D eigenvalue weighted by Gasteiger charge is -2.30. The molecule has 4 rings (SSSR count). The molecule has 0 spiro atoms. The summed E-state index contributed by atoms with van der Waals surface area (Å²) >= 11 is 0. The molecule has 36 heavy (non-hydrogen) atoms. The fourth-order valence-electron chi connectivity index (χ4n) is 4.81. The summed E-state index contributed by atoms with van der Waals surface area (Å²) in [5.74, 6) is -0.825. The summed E-state index contributed by atoms with van der Waals surface area (Å²) in [6, 6.07) is 5.51. The number of benzene rings is 1. The van der Waals surface area contributed by atoms with Crippen LogP contribution in [0.15, 0.2) is 35.4 Å². The number of ether oxygens (including phenoxy) is 1. The first-order chi connectivity index (χ1) is 16.9. The third-order valence-electron chi connectivity index (χ3n) is 6.93. The normalized spacial score (nSPS) is 18.3. The van der Waals surface area contributed by atoms with Crippen molar-refractivity contribution in [3.8, 4) is 0 Å². The van der Waals surface area contributed by atoms with E-state index in [0.717, 1.165) is 6.07 Å². The molecule has 0 bridgehead atoms. The van der Waals surface area contributed by atoms with E-state index >= 15 is 0 Å². The van der Waals surface area contributed by atoms with Crippen LogP contribution in [0.5, 0.6) is 0 Å². The molecule has 1 aliphatic heterocycles. The average Bonchev–Trinajstić information content (AvgIpc) is 3.27. The Bertz CT molecular complexity index is 1390. The van der Waals surface area contributed by atoms with Crippen molar-refractivity contribution in [2.45, 2.75) is 44.8 Å². The minimum absolute atomic E-state index is 0.0401. The fraction of sp³-hybridized carbons (Fsp3) is 0.440. The molecule has 1 amide bonds. The number of halogens is 3. The molecule has 1 N–H and O–H groups in total. The molecule has 3 heterocycles. The maximum absolute atomic E-state index is 15.0. The van der Waals surface area contributed by atoms with Gasteiger partial charge in [-0.1, -0.05) is 18.2 Å². The lowest BCUT2D eigenvalue weighted by atomic mass is 9.91. The van der Waals surface area contributed by atoms with Gasteiger partial charge in [-0.25, -0.2) is 23.1 Å². The molecule has 1 fully saturated rings. The number of likely N-dealkylation sites (tertiary alicyclic amines) is 1. The van der Waals surface area contributed by atoms with Crippen molar-refractivity contribution < 1.29 is 22.7 Å². The van der Waals surface area contributed by atoms with Crippen molar-refractivity contribution in [3.63, 3.8) is 0 Å². The largest absolute Gasteiger partial charge is 0.371 e. The quantitative estimate of drug-likeness (QED) is 0.550. The monoisotopic (exact) mass is 503 g/mol. The predicted octanol–water partition coefficient (Wildman–Crippen LogP) is 3.85. The number of carbonyl (C=O) groups excluding carboxylic acids is 1. The zero-order valence-corrected chi connectivity index (χ0v) is 20.7. The Balaban J connectivity index is 1.85. The molecule has 1 saturated heterocycles. The number of anilines is 1. The Labute approximate surface area is 206 Å². The van der Waals surface area contributed by atoms with Gasteiger partial charge in [0.1, 0.15) is 29.2 Å². The maximum atomic E-state index is 15.0. The fourth-order valence-corrected chi connectivity index (χ4v) is 4.81. The molecule has 11 heteroatoms. The summed E-state index contributed by atoms with van der Waals surface area (Å²) in [7, 11) is 3.07. The van der Waals surface area contributed by atoms with Crippen LogP contribution in [0.25, 0.3) is 11.0 Å². The summed E-state index contributed by atoms with van der Waals surface area (Å²) in [6.07, 6.45) is -1.26. The van der Waals surface area contributed by atoms with E-state index in [1.54, 1.807) is 31.9 Å². The first-order valence-corrected chi connectivity index (χ1v) is 11.4. The number of nitrogens with one attached hydrogen (secondary N) is 1. The van der Waals surface area contributed by atoms with Crippen LogP contribution in [0.3, 0.4) is 0 Å². The van der Waals surface area contributed by atoms with E-state index < -0.39 is 28.9 Å². The Morgan fingerprint density at radius 2 is 2.00 bits per heavy atom. The average molecular weight is 504 g/mol. The highest BCUT2D eigenvalue weighted by atomic mass is 19.3. The molecule has 2 aromatic heterocycles. The van der Waals surface area contributed by atoms with Gasteiger partial charge in [0.2, 0.25) is 5.91 Å². The van der Waals surface area contributed by atoms with E-state index in [2.05, 4.69) is 15.3 Å². The van der Waals surface area contributed by atoms with Gasteiger partial charge in [-0.15, -0.1) is 0 Å². The number of hydrogen-bond donors (Lipinski definition) is 1. The second-order valence-corrected chi connectivity index (χ2v) is 9.53. The van der Waals surface area contributed by atoms with Gasteiger partial charge in [0.05, 0.1) is 28.6 Å². The van der Waals surface area contributed by atoms with Crippen molar-refractivity contribution >= 4 is 22.8 Å². The van der Waals surface area contributed by atoms with Crippen molar-refractivity contribution in [2.75, 3.05) is 25.5 Å². The van der Waals surface area contributed by atoms with E-state index in [-0.39, 0.29) is 29.4 Å². The molecule has 0 saturated carbocycles. The maximum Gasteiger partial charge on any atom is 0.266 e. The zero-order chi connectivity index (χ0) is 26.4. The highest BCUT2D eigenvalue weighted by Crippen LogP contribution is 2.37. The Morgan fingerprint density at radius 1 is 1.28 bits per heavy atom. The summed E-state index contributed by atoms with van der Waals surface area (Å²) in [5, 5.41) is 3.61. The van der Waals surface area contributed by atoms with Crippen molar-refractivity contribution in [2.24, 2.45) is 7.05 Å². The number of aryl methyl sites for hydroxylation is 1. The molecule has 192 valence electrons. The number of aromatic nitrogens is 3. The van der Waals surface area contributed by atoms with Crippen molar-refractivity contribution in [1.82, 2.24) is 19.4 Å². The molecular weight excluding hydrogens is 475 g/mol. The summed E-state index contributed by atoms with van der Waals surface area (Å²) < 4.78 is 48.8. The van der Waals surface area contributed by atoms with Crippen LogP contribution >= 0.6 is 0 Å². The van der Waals surface area contributed by atoms with Gasteiger partial charge < -0.3 is 15.0 Å². The third-order valence-corrected chi connectivity index (χ3v) is 6.93. The van der Waals surface area contributed by atoms with Crippen LogP contribution in [-0.4, -0.2) is 45.5 Å². The molecule has 3 aromatic rings. The Kier molecular flexibility index (Phi) is 6.54. The lowest BCUT2D eigenvalue weighted by molar-refractivity contribution is -0.129. The number of methoxy groups -OCH3 is 1. The smallest absolute Gasteiger partial charge is 0.266 e. The lowest BCUT2D eigenvalue weighted by Crippen LogP contribution is -2.40. The van der Waals surface area contributed by atoms with Gasteiger partial charge in [-0.2, -0.15) is 0 Å². The van der Waals surface area contributed by atoms with Gasteiger partial charge in [-0.05, 0) is 19.9 Å². The molecule has 0 aliphatic carbocycles. The second-order valence-electron chi connectivity index (χ2n) is 9.53. The number of nitrogens with zero attached hydrogens (tertiary/aromatic N) is 4. The van der Waals surface area contributed by atoms with Gasteiger partial charge in [0.25, 0.3) is 12.0 Å². The highest BCUT2D eigenvalue weighted by Gasteiger charge is 2.43. The number of pyridine rings is 1. The number of fused-ring (bicyclic) bond motifs is 1. The van der Waals surface area contributed by atoms with Gasteiger partial charge in [-0.3, -0.25) is 14.2 Å². The minimum Gasteiger partial charge on any atom is -0.371 e. The number of amides is 1. The van der Waals surface area contributed by atoms with Crippen molar-refractivity contribution in [3.05, 3.63) is 63.5 Å². The number of carbonyl (C=O) groups is 1. The SMILES string of the molecule is COC1(c2cc3c(NC(C)(C)c4cccc(C(F)F)c4F)ncnc3n(C)c2=O)CCN(C(C)=O)C1. The van der Waals surface area contributed by atoms with E-state index in [1.165, 1.54) is 37.1 Å². The number of hydrogen-bond acceptors (Lipinski definition) is 6. The number of alkyl halides is 2. The standard InChI is InChI=1S/C25H28F3N5O3/c1-14(34)33-10-9-25(12-33,36-5)18-11-16-21(29-13-30-22(16)32(4)23(18)35)31-24(2,3)17-8-6-7-15(19(17)26)20(27)28/h6-8,11,13,20H,9-10,12H2,1-5H3,(H,29,30,31). The summed E-state index contributed by atoms with van der Waals surface area (Å²) in [6.45, 7) is 5.41. The van der Waals surface area contributed by atoms with Crippen LogP contribution < -0.4 is 10.9 Å². The van der Waals surface area contributed by atoms with Crippen LogP contribution in [0, 0.1) is 5.82 Å². The molecule has 8 nitrogen and oxygen atoms in total. The Morgan fingerprint density at radius 3 is 2.61 bits per heavy atom. The van der Waals surface area contributed by atoms with Gasteiger partial charge >= 0.3 is 0 Å². The van der Waals surface area contributed by atoms with Crippen LogP contribution in [0.4, 0.5) is 19.0 Å². The topological polar surface area (TPSA) is 89.3 Å². The predicted molar refractivity (Wildman–Crippen MR) is 128 cm³/mol. The molecule has 1 aliphatic rings. The van der Waals surface area contributed by atoms with Crippen LogP contribution in [0.1, 0.15) is 50.3 Å². The van der Waals surface area contributed by atoms with Gasteiger partial charge in [0.15, 0.2) is 0 Å². The first-order valence-electron chi connectivity index (χ1n) is 11.4. The van der Waals surface area contributed by atoms with E-state index in [9.17, 15) is 22.8 Å². The molecule has 1 aromatic carbocycles. The highest BCUT2D eigenvalue weighted by molar-refractivity contribution is 5.87. The Hall–Kier alpha value is -3.47. The third kappa shape index (κ3) is 4.21. The van der Waals surface area contributed by atoms with E-state index in [0.29, 0.717) is 29.6 Å². The summed E-state index contributed by atoms with van der Waals surface area (Å²) in [5.41, 5.74) is -2.47. The molecule has 1 atom stereocenters. The molecule has 1 unspecified atom stereocenters. The van der Waals surface area contributed by atoms with Crippen LogP contribution in [-0.2, 0) is 27.7 Å². The zero-order valence-electron chi connectivity index (χ0n) is 20.7. The molecule has 0 radical (unpaired) electrons. The second kappa shape index (κ2) is 9.20. The number of rotatable bonds is 6.